The summed E-state index contributed by atoms with van der Waals surface area (Å²) in [7, 11) is 1.62. The maximum absolute atomic E-state index is 13.7. The van der Waals surface area contributed by atoms with E-state index in [1.165, 1.54) is 12.8 Å². The van der Waals surface area contributed by atoms with Gasteiger partial charge in [-0.25, -0.2) is 0 Å². The second kappa shape index (κ2) is 8.97. The van der Waals surface area contributed by atoms with Crippen molar-refractivity contribution in [2.24, 2.45) is 0 Å². The number of carbonyl (C=O) groups excluding carboxylic acids is 1. The fourth-order valence-corrected chi connectivity index (χ4v) is 4.52. The zero-order valence-electron chi connectivity index (χ0n) is 17.3. The molecule has 0 aliphatic carbocycles. The van der Waals surface area contributed by atoms with Gasteiger partial charge in [-0.1, -0.05) is 42.0 Å². The number of benzene rings is 2. The van der Waals surface area contributed by atoms with Crippen molar-refractivity contribution in [2.45, 2.75) is 31.9 Å². The van der Waals surface area contributed by atoms with Gasteiger partial charge in [0.2, 0.25) is 0 Å². The highest BCUT2D eigenvalue weighted by molar-refractivity contribution is 5.97. The lowest BCUT2D eigenvalue weighted by molar-refractivity contribution is -0.0707. The van der Waals surface area contributed by atoms with E-state index in [9.17, 15) is 4.79 Å². The first-order chi connectivity index (χ1) is 14.2. The van der Waals surface area contributed by atoms with Crippen molar-refractivity contribution in [3.8, 4) is 5.75 Å². The Bertz CT molecular complexity index is 833. The number of likely N-dealkylation sites (tertiary alicyclic amines) is 1. The van der Waals surface area contributed by atoms with Gasteiger partial charge in [-0.2, -0.15) is 0 Å². The minimum atomic E-state index is -0.108. The van der Waals surface area contributed by atoms with Crippen LogP contribution in [0.5, 0.6) is 5.75 Å². The largest absolute Gasteiger partial charge is 0.496 e. The molecule has 5 nitrogen and oxygen atoms in total. The van der Waals surface area contributed by atoms with Crippen LogP contribution in [-0.4, -0.2) is 61.7 Å². The first-order valence-electron chi connectivity index (χ1n) is 10.5. The third kappa shape index (κ3) is 4.31. The van der Waals surface area contributed by atoms with E-state index in [0.717, 1.165) is 30.8 Å². The maximum atomic E-state index is 13.7. The number of methoxy groups -OCH3 is 1. The van der Waals surface area contributed by atoms with Gasteiger partial charge in [0.15, 0.2) is 0 Å². The van der Waals surface area contributed by atoms with Gasteiger partial charge in [0.25, 0.3) is 5.91 Å². The highest BCUT2D eigenvalue weighted by Crippen LogP contribution is 2.33. The monoisotopic (exact) mass is 394 g/mol. The van der Waals surface area contributed by atoms with E-state index in [1.807, 2.05) is 48.2 Å². The molecular formula is C24H30N2O3. The van der Waals surface area contributed by atoms with Crippen molar-refractivity contribution in [1.29, 1.82) is 0 Å². The van der Waals surface area contributed by atoms with Crippen LogP contribution < -0.4 is 4.74 Å². The third-order valence-electron chi connectivity index (χ3n) is 5.98. The molecule has 2 heterocycles. The number of carbonyl (C=O) groups is 1. The van der Waals surface area contributed by atoms with Crippen LogP contribution in [0, 0.1) is 6.92 Å². The van der Waals surface area contributed by atoms with Crippen LogP contribution in [0.2, 0.25) is 0 Å². The van der Waals surface area contributed by atoms with E-state index in [0.29, 0.717) is 24.5 Å². The van der Waals surface area contributed by atoms with Crippen LogP contribution in [-0.2, 0) is 4.74 Å². The van der Waals surface area contributed by atoms with Gasteiger partial charge in [-0.05, 0) is 50.6 Å². The van der Waals surface area contributed by atoms with Crippen LogP contribution >= 0.6 is 0 Å². The highest BCUT2D eigenvalue weighted by atomic mass is 16.5. The molecule has 1 amide bonds. The highest BCUT2D eigenvalue weighted by Gasteiger charge is 2.38. The molecule has 0 aromatic heterocycles. The van der Waals surface area contributed by atoms with Crippen LogP contribution in [0.25, 0.3) is 0 Å². The van der Waals surface area contributed by atoms with E-state index >= 15 is 0 Å². The molecule has 0 unspecified atom stereocenters. The molecule has 29 heavy (non-hydrogen) atoms. The summed E-state index contributed by atoms with van der Waals surface area (Å²) in [6.07, 6.45) is 2.45. The summed E-state index contributed by atoms with van der Waals surface area (Å²) in [6.45, 7) is 6.21. The van der Waals surface area contributed by atoms with Gasteiger partial charge < -0.3 is 19.3 Å². The molecule has 0 N–H and O–H groups in total. The quantitative estimate of drug-likeness (QED) is 0.776. The number of nitrogens with zero attached hydrogens (tertiary/aromatic N) is 2. The predicted molar refractivity (Wildman–Crippen MR) is 113 cm³/mol. The summed E-state index contributed by atoms with van der Waals surface area (Å²) in [5, 5.41) is 0. The standard InChI is InChI=1S/C24H30N2O3/c1-18-10-11-21(28-2)20(16-18)24(27)26-14-15-29-22(17-25-12-6-7-13-25)23(26)19-8-4-3-5-9-19/h3-5,8-11,16,22-23H,6-7,12-15,17H2,1-2H3/t22-,23-/m0/s1. The van der Waals surface area contributed by atoms with Crippen molar-refractivity contribution in [2.75, 3.05) is 39.9 Å². The van der Waals surface area contributed by atoms with Gasteiger partial charge >= 0.3 is 0 Å². The lowest BCUT2D eigenvalue weighted by atomic mass is 9.96. The SMILES string of the molecule is COc1ccc(C)cc1C(=O)N1CCO[C@@H](CN2CCCC2)[C@@H]1c1ccccc1. The number of hydrogen-bond acceptors (Lipinski definition) is 4. The van der Waals surface area contributed by atoms with Crippen molar-refractivity contribution in [3.63, 3.8) is 0 Å². The summed E-state index contributed by atoms with van der Waals surface area (Å²) >= 11 is 0. The normalized spacial score (nSPS) is 22.6. The Morgan fingerprint density at radius 2 is 1.86 bits per heavy atom. The molecule has 2 aliphatic heterocycles. The molecule has 0 saturated carbocycles. The summed E-state index contributed by atoms with van der Waals surface area (Å²) in [5.41, 5.74) is 2.79. The van der Waals surface area contributed by atoms with Gasteiger partial charge in [0, 0.05) is 13.1 Å². The first-order valence-corrected chi connectivity index (χ1v) is 10.5. The average molecular weight is 395 g/mol. The van der Waals surface area contributed by atoms with Crippen LogP contribution in [0.15, 0.2) is 48.5 Å². The number of morpholine rings is 1. The molecular weight excluding hydrogens is 364 g/mol. The molecule has 2 saturated heterocycles. The molecule has 0 radical (unpaired) electrons. The van der Waals surface area contributed by atoms with Gasteiger partial charge in [-0.3, -0.25) is 4.79 Å². The van der Waals surface area contributed by atoms with Crippen LogP contribution in [0.4, 0.5) is 0 Å². The van der Waals surface area contributed by atoms with Gasteiger partial charge in [0.05, 0.1) is 31.4 Å². The minimum Gasteiger partial charge on any atom is -0.496 e. The molecule has 5 heteroatoms. The summed E-state index contributed by atoms with van der Waals surface area (Å²) < 4.78 is 11.7. The fraction of sp³-hybridized carbons (Fsp3) is 0.458. The molecule has 2 fully saturated rings. The van der Waals surface area contributed by atoms with E-state index in [2.05, 4.69) is 17.0 Å². The Kier molecular flexibility index (Phi) is 6.16. The predicted octanol–water partition coefficient (Wildman–Crippen LogP) is 3.68. The molecule has 154 valence electrons. The molecule has 2 aromatic rings. The number of aryl methyl sites for hydroxylation is 1. The smallest absolute Gasteiger partial charge is 0.258 e. The summed E-state index contributed by atoms with van der Waals surface area (Å²) in [6, 6.07) is 15.9. The number of hydrogen-bond donors (Lipinski definition) is 0. The summed E-state index contributed by atoms with van der Waals surface area (Å²) in [5.74, 6) is 0.629. The van der Waals surface area contributed by atoms with Crippen molar-refractivity contribution < 1.29 is 14.3 Å². The Hall–Kier alpha value is -2.37. The summed E-state index contributed by atoms with van der Waals surface area (Å²) in [4.78, 5) is 18.1. The maximum Gasteiger partial charge on any atom is 0.258 e. The van der Waals surface area contributed by atoms with E-state index in [4.69, 9.17) is 9.47 Å². The second-order valence-electron chi connectivity index (χ2n) is 7.97. The number of ether oxygens (including phenoxy) is 2. The molecule has 2 aliphatic rings. The van der Waals surface area contributed by atoms with Crippen LogP contribution in [0.3, 0.4) is 0 Å². The Morgan fingerprint density at radius 3 is 2.59 bits per heavy atom. The van der Waals surface area contributed by atoms with E-state index in [1.54, 1.807) is 7.11 Å². The van der Waals surface area contributed by atoms with Crippen LogP contribution in [0.1, 0.15) is 40.4 Å². The Labute approximate surface area is 173 Å². The van der Waals surface area contributed by atoms with Gasteiger partial charge in [-0.15, -0.1) is 0 Å². The Balaban J connectivity index is 1.68. The van der Waals surface area contributed by atoms with Crippen molar-refractivity contribution >= 4 is 5.91 Å². The zero-order chi connectivity index (χ0) is 20.2. The minimum absolute atomic E-state index is 0.00845. The van der Waals surface area contributed by atoms with Crippen molar-refractivity contribution in [3.05, 3.63) is 65.2 Å². The lowest BCUT2D eigenvalue weighted by Crippen LogP contribution is -2.51. The molecule has 2 atom stereocenters. The third-order valence-corrected chi connectivity index (χ3v) is 5.98. The van der Waals surface area contributed by atoms with Crippen molar-refractivity contribution in [1.82, 2.24) is 9.80 Å². The molecule has 4 rings (SSSR count). The fourth-order valence-electron chi connectivity index (χ4n) is 4.52. The van der Waals surface area contributed by atoms with Gasteiger partial charge in [0.1, 0.15) is 5.75 Å². The Morgan fingerprint density at radius 1 is 1.10 bits per heavy atom. The number of rotatable bonds is 5. The first kappa shape index (κ1) is 19.9. The van der Waals surface area contributed by atoms with E-state index in [-0.39, 0.29) is 18.1 Å². The van der Waals surface area contributed by atoms with E-state index < -0.39 is 0 Å². The molecule has 2 aromatic carbocycles. The lowest BCUT2D eigenvalue weighted by Gasteiger charge is -2.43. The average Bonchev–Trinajstić information content (AvgIpc) is 3.27. The zero-order valence-corrected chi connectivity index (χ0v) is 17.3. The number of amides is 1. The topological polar surface area (TPSA) is 42.0 Å². The second-order valence-corrected chi connectivity index (χ2v) is 7.97. The molecule has 0 spiro atoms. The molecule has 0 bridgehead atoms.